The molecule has 12 aromatic carbocycles. The zero-order valence-corrected chi connectivity index (χ0v) is 38.9. The van der Waals surface area contributed by atoms with E-state index in [2.05, 4.69) is 276 Å². The molecule has 14 rings (SSSR count). The molecule has 0 unspecified atom stereocenters. The minimum Gasteiger partial charge on any atom is -0.341 e. The molecule has 0 N–H and O–H groups in total. The van der Waals surface area contributed by atoms with Gasteiger partial charge < -0.3 is 19.6 Å². The molecule has 2 aliphatic heterocycles. The molecule has 2 heterocycles. The number of anilines is 10. The fraction of sp³-hybridized carbons (Fsp3) is 0.0303. The molecule has 330 valence electrons. The zero-order chi connectivity index (χ0) is 46.5. The SMILES string of the molecule is CN1c2ccccc2N(c2ccc3c(-c4cccc5ccccc45)c4cc(N5c6ccccc6N(C)c6ccccc65)ccc4c(-c4ccc(-c5cccc6ccccc56)cc4)c3c2)c2ccccc21. The average Bonchev–Trinajstić information content (AvgIpc) is 3.42. The van der Waals surface area contributed by atoms with E-state index >= 15 is 0 Å². The Morgan fingerprint density at radius 3 is 1.09 bits per heavy atom. The van der Waals surface area contributed by atoms with Gasteiger partial charge in [0.15, 0.2) is 0 Å². The molecule has 70 heavy (non-hydrogen) atoms. The summed E-state index contributed by atoms with van der Waals surface area (Å²) in [6.45, 7) is 0. The maximum absolute atomic E-state index is 2.46. The van der Waals surface area contributed by atoms with E-state index < -0.39 is 0 Å². The number of benzene rings is 12. The molecule has 12 aromatic rings. The van der Waals surface area contributed by atoms with Crippen LogP contribution in [0.1, 0.15) is 0 Å². The van der Waals surface area contributed by atoms with Crippen LogP contribution in [0.15, 0.2) is 243 Å². The molecule has 0 bridgehead atoms. The van der Waals surface area contributed by atoms with Crippen molar-refractivity contribution in [3.05, 3.63) is 243 Å². The molecular weight excluding hydrogens is 849 g/mol. The van der Waals surface area contributed by atoms with Gasteiger partial charge in [-0.05, 0) is 149 Å². The monoisotopic (exact) mass is 894 g/mol. The van der Waals surface area contributed by atoms with Crippen LogP contribution in [0, 0.1) is 0 Å². The normalized spacial score (nSPS) is 12.9. The molecule has 0 saturated carbocycles. The van der Waals surface area contributed by atoms with E-state index in [1.165, 1.54) is 99.2 Å². The van der Waals surface area contributed by atoms with Gasteiger partial charge in [0.25, 0.3) is 0 Å². The summed E-state index contributed by atoms with van der Waals surface area (Å²) < 4.78 is 0. The number of rotatable bonds is 5. The summed E-state index contributed by atoms with van der Waals surface area (Å²) in [4.78, 5) is 9.52. The van der Waals surface area contributed by atoms with Crippen molar-refractivity contribution in [3.63, 3.8) is 0 Å². The van der Waals surface area contributed by atoms with E-state index in [1.807, 2.05) is 0 Å². The first kappa shape index (κ1) is 40.0. The van der Waals surface area contributed by atoms with E-state index in [0.29, 0.717) is 0 Å². The number of nitrogens with zero attached hydrogens (tertiary/aromatic N) is 4. The lowest BCUT2D eigenvalue weighted by molar-refractivity contribution is 1.13. The van der Waals surface area contributed by atoms with Crippen LogP contribution in [-0.4, -0.2) is 14.1 Å². The van der Waals surface area contributed by atoms with Crippen molar-refractivity contribution in [2.75, 3.05) is 33.7 Å². The lowest BCUT2D eigenvalue weighted by Gasteiger charge is -2.39. The number of para-hydroxylation sites is 8. The summed E-state index contributed by atoms with van der Waals surface area (Å²) in [5.41, 5.74) is 18.7. The van der Waals surface area contributed by atoms with Gasteiger partial charge in [-0.15, -0.1) is 0 Å². The molecule has 4 heteroatoms. The third-order valence-electron chi connectivity index (χ3n) is 14.9. The van der Waals surface area contributed by atoms with Crippen molar-refractivity contribution in [3.8, 4) is 33.4 Å². The fourth-order valence-corrected chi connectivity index (χ4v) is 11.6. The van der Waals surface area contributed by atoms with Crippen molar-refractivity contribution in [2.24, 2.45) is 0 Å². The van der Waals surface area contributed by atoms with E-state index in [4.69, 9.17) is 0 Å². The lowest BCUT2D eigenvalue weighted by Crippen LogP contribution is -2.24. The minimum absolute atomic E-state index is 1.11. The Kier molecular flexibility index (Phi) is 8.99. The van der Waals surface area contributed by atoms with Crippen molar-refractivity contribution in [1.82, 2.24) is 0 Å². The number of hydrogen-bond acceptors (Lipinski definition) is 4. The van der Waals surface area contributed by atoms with Crippen molar-refractivity contribution in [2.45, 2.75) is 0 Å². The van der Waals surface area contributed by atoms with Gasteiger partial charge in [0, 0.05) is 25.5 Å². The Hall–Kier alpha value is -9.12. The molecule has 0 amide bonds. The first-order valence-electron chi connectivity index (χ1n) is 24.1. The maximum atomic E-state index is 2.46. The Labute approximate surface area is 407 Å². The van der Waals surface area contributed by atoms with Gasteiger partial charge in [-0.25, -0.2) is 0 Å². The Morgan fingerprint density at radius 2 is 0.600 bits per heavy atom. The van der Waals surface area contributed by atoms with Gasteiger partial charge in [-0.2, -0.15) is 0 Å². The van der Waals surface area contributed by atoms with Crippen LogP contribution in [0.4, 0.5) is 56.9 Å². The highest BCUT2D eigenvalue weighted by Crippen LogP contribution is 2.55. The molecule has 0 saturated heterocycles. The van der Waals surface area contributed by atoms with Crippen LogP contribution >= 0.6 is 0 Å². The molecular formula is C66H46N4. The number of fused-ring (bicyclic) bond motifs is 8. The van der Waals surface area contributed by atoms with Crippen molar-refractivity contribution >= 4 is 100.0 Å². The summed E-state index contributed by atoms with van der Waals surface area (Å²) in [6, 6.07) is 89.7. The summed E-state index contributed by atoms with van der Waals surface area (Å²) in [5, 5.41) is 9.74. The van der Waals surface area contributed by atoms with Crippen molar-refractivity contribution < 1.29 is 0 Å². The minimum atomic E-state index is 1.11. The average molecular weight is 895 g/mol. The smallest absolute Gasteiger partial charge is 0.0699 e. The van der Waals surface area contributed by atoms with Crippen LogP contribution in [0.2, 0.25) is 0 Å². The molecule has 4 nitrogen and oxygen atoms in total. The second-order valence-electron chi connectivity index (χ2n) is 18.6. The summed E-state index contributed by atoms with van der Waals surface area (Å²) in [6.07, 6.45) is 0. The second kappa shape index (κ2) is 15.7. The quantitative estimate of drug-likeness (QED) is 0.160. The van der Waals surface area contributed by atoms with E-state index in [1.54, 1.807) is 0 Å². The van der Waals surface area contributed by atoms with Crippen LogP contribution in [0.5, 0.6) is 0 Å². The third kappa shape index (κ3) is 6.03. The molecule has 0 aliphatic carbocycles. The lowest BCUT2D eigenvalue weighted by atomic mass is 9.83. The summed E-state index contributed by atoms with van der Waals surface area (Å²) in [7, 11) is 4.34. The van der Waals surface area contributed by atoms with Gasteiger partial charge in [0.1, 0.15) is 0 Å². The van der Waals surface area contributed by atoms with Crippen LogP contribution in [0.3, 0.4) is 0 Å². The fourth-order valence-electron chi connectivity index (χ4n) is 11.6. The first-order valence-corrected chi connectivity index (χ1v) is 24.1. The predicted molar refractivity (Wildman–Crippen MR) is 298 cm³/mol. The standard InChI is InChI=1S/C66H46N4/c1-67-57-25-7-11-29-61(57)69(62-30-12-8-26-58(62)67)47-38-40-54-55(41-47)65(46-35-33-45(34-36-46)50-23-15-19-43-17-3-5-21-49(43)50)53-39-37-48(42-56(53)66(54)52-24-16-20-44-18-4-6-22-51(44)52)70-63-31-13-9-27-59(63)68(2)60-28-10-14-32-64(60)70/h3-42H,1-2H3. The van der Waals surface area contributed by atoms with Gasteiger partial charge >= 0.3 is 0 Å². The van der Waals surface area contributed by atoms with Crippen molar-refractivity contribution in [1.29, 1.82) is 0 Å². The molecule has 2 aliphatic rings. The second-order valence-corrected chi connectivity index (χ2v) is 18.6. The van der Waals surface area contributed by atoms with E-state index in [-0.39, 0.29) is 0 Å². The van der Waals surface area contributed by atoms with Crippen LogP contribution in [0.25, 0.3) is 76.5 Å². The first-order chi connectivity index (χ1) is 34.6. The molecule has 0 radical (unpaired) electrons. The third-order valence-corrected chi connectivity index (χ3v) is 14.9. The van der Waals surface area contributed by atoms with E-state index in [9.17, 15) is 0 Å². The Bertz CT molecular complexity index is 3970. The molecule has 0 atom stereocenters. The zero-order valence-electron chi connectivity index (χ0n) is 38.9. The van der Waals surface area contributed by atoms with Gasteiger partial charge in [0.05, 0.1) is 45.5 Å². The highest BCUT2D eigenvalue weighted by molar-refractivity contribution is 6.25. The van der Waals surface area contributed by atoms with E-state index in [0.717, 1.165) is 34.1 Å². The molecule has 0 aromatic heterocycles. The van der Waals surface area contributed by atoms with Gasteiger partial charge in [0.2, 0.25) is 0 Å². The molecule has 0 fully saturated rings. The van der Waals surface area contributed by atoms with Crippen LogP contribution < -0.4 is 19.6 Å². The largest absolute Gasteiger partial charge is 0.341 e. The topological polar surface area (TPSA) is 13.0 Å². The Morgan fingerprint density at radius 1 is 0.243 bits per heavy atom. The summed E-state index contributed by atoms with van der Waals surface area (Å²) >= 11 is 0. The van der Waals surface area contributed by atoms with Gasteiger partial charge in [-0.3, -0.25) is 0 Å². The molecule has 0 spiro atoms. The maximum Gasteiger partial charge on any atom is 0.0699 e. The van der Waals surface area contributed by atoms with Gasteiger partial charge in [-0.1, -0.05) is 170 Å². The predicted octanol–water partition coefficient (Wildman–Crippen LogP) is 18.4. The van der Waals surface area contributed by atoms with Crippen LogP contribution in [-0.2, 0) is 0 Å². The highest BCUT2D eigenvalue weighted by Gasteiger charge is 2.30. The number of hydrogen-bond donors (Lipinski definition) is 0. The highest BCUT2D eigenvalue weighted by atomic mass is 15.3. The Balaban J connectivity index is 1.09. The summed E-state index contributed by atoms with van der Waals surface area (Å²) in [5.74, 6) is 0.